The van der Waals surface area contributed by atoms with Crippen LogP contribution >= 0.6 is 11.6 Å². The van der Waals surface area contributed by atoms with Crippen molar-refractivity contribution in [3.63, 3.8) is 0 Å². The van der Waals surface area contributed by atoms with Gasteiger partial charge in [-0.2, -0.15) is 0 Å². The standard InChI is InChI=1S/C15H23ClN2O3S/c1-2-10-22(19,20)17-12-15(18-6-8-21-9-7-18)13-4-3-5-14(16)11-13/h3-5,11,15,17H,2,6-10,12H2,1H3/t15-/m0/s1. The summed E-state index contributed by atoms with van der Waals surface area (Å²) in [5.74, 6) is 0.151. The Morgan fingerprint density at radius 3 is 2.73 bits per heavy atom. The number of sulfonamides is 1. The van der Waals surface area contributed by atoms with Gasteiger partial charge in [0.05, 0.1) is 19.0 Å². The van der Waals surface area contributed by atoms with Crippen molar-refractivity contribution < 1.29 is 13.2 Å². The van der Waals surface area contributed by atoms with Gasteiger partial charge < -0.3 is 4.74 Å². The van der Waals surface area contributed by atoms with Crippen LogP contribution in [0.4, 0.5) is 0 Å². The molecule has 0 amide bonds. The number of rotatable bonds is 7. The van der Waals surface area contributed by atoms with Crippen molar-refractivity contribution in [3.8, 4) is 0 Å². The molecule has 0 bridgehead atoms. The Morgan fingerprint density at radius 2 is 2.09 bits per heavy atom. The Kier molecular flexibility index (Phi) is 6.65. The molecule has 1 heterocycles. The van der Waals surface area contributed by atoms with E-state index in [9.17, 15) is 8.42 Å². The van der Waals surface area contributed by atoms with Gasteiger partial charge in [-0.1, -0.05) is 30.7 Å². The van der Waals surface area contributed by atoms with E-state index < -0.39 is 10.0 Å². The third-order valence-electron chi connectivity index (χ3n) is 3.69. The maximum Gasteiger partial charge on any atom is 0.211 e. The molecule has 1 N–H and O–H groups in total. The average Bonchev–Trinajstić information content (AvgIpc) is 2.48. The molecule has 1 atom stereocenters. The van der Waals surface area contributed by atoms with E-state index in [4.69, 9.17) is 16.3 Å². The van der Waals surface area contributed by atoms with Crippen LogP contribution in [0.2, 0.25) is 5.02 Å². The molecule has 22 heavy (non-hydrogen) atoms. The van der Waals surface area contributed by atoms with Crippen molar-refractivity contribution in [1.29, 1.82) is 0 Å². The minimum atomic E-state index is -3.22. The van der Waals surface area contributed by atoms with Crippen LogP contribution in [0, 0.1) is 0 Å². The highest BCUT2D eigenvalue weighted by atomic mass is 35.5. The Balaban J connectivity index is 2.14. The third-order valence-corrected chi connectivity index (χ3v) is 5.48. The second-order valence-corrected chi connectivity index (χ2v) is 7.75. The van der Waals surface area contributed by atoms with Crippen molar-refractivity contribution in [1.82, 2.24) is 9.62 Å². The summed E-state index contributed by atoms with van der Waals surface area (Å²) >= 11 is 6.09. The van der Waals surface area contributed by atoms with Gasteiger partial charge in [0, 0.05) is 30.7 Å². The van der Waals surface area contributed by atoms with E-state index in [-0.39, 0.29) is 11.8 Å². The number of nitrogens with one attached hydrogen (secondary N) is 1. The zero-order valence-electron chi connectivity index (χ0n) is 12.8. The topological polar surface area (TPSA) is 58.6 Å². The van der Waals surface area contributed by atoms with Crippen molar-refractivity contribution in [2.45, 2.75) is 19.4 Å². The fourth-order valence-electron chi connectivity index (χ4n) is 2.61. The number of morpholine rings is 1. The van der Waals surface area contributed by atoms with Crippen molar-refractivity contribution >= 4 is 21.6 Å². The summed E-state index contributed by atoms with van der Waals surface area (Å²) < 4.78 is 32.0. The molecule has 1 aromatic rings. The molecule has 7 heteroatoms. The second-order valence-electron chi connectivity index (χ2n) is 5.39. The van der Waals surface area contributed by atoms with Gasteiger partial charge in [-0.15, -0.1) is 0 Å². The SMILES string of the molecule is CCCS(=O)(=O)NC[C@@H](c1cccc(Cl)c1)N1CCOCC1. The molecule has 0 aliphatic carbocycles. The van der Waals surface area contributed by atoms with Gasteiger partial charge in [0.25, 0.3) is 0 Å². The number of benzene rings is 1. The van der Waals surface area contributed by atoms with Crippen molar-refractivity contribution in [2.24, 2.45) is 0 Å². The lowest BCUT2D eigenvalue weighted by Crippen LogP contribution is -2.44. The molecule has 1 saturated heterocycles. The first-order valence-corrected chi connectivity index (χ1v) is 9.59. The zero-order chi connectivity index (χ0) is 16.0. The molecule has 2 rings (SSSR count). The minimum absolute atomic E-state index is 0.0331. The Hall–Kier alpha value is -0.660. The van der Waals surface area contributed by atoms with Crippen LogP contribution in [0.15, 0.2) is 24.3 Å². The van der Waals surface area contributed by atoms with Gasteiger partial charge in [0.2, 0.25) is 10.0 Å². The molecule has 1 aliphatic heterocycles. The normalized spacial score (nSPS) is 18.3. The Labute approximate surface area is 137 Å². The van der Waals surface area contributed by atoms with Gasteiger partial charge in [-0.05, 0) is 24.1 Å². The minimum Gasteiger partial charge on any atom is -0.379 e. The number of nitrogens with zero attached hydrogens (tertiary/aromatic N) is 1. The predicted molar refractivity (Wildman–Crippen MR) is 88.7 cm³/mol. The van der Waals surface area contributed by atoms with E-state index in [0.717, 1.165) is 18.7 Å². The van der Waals surface area contributed by atoms with E-state index in [1.54, 1.807) is 0 Å². The first-order valence-electron chi connectivity index (χ1n) is 7.56. The van der Waals surface area contributed by atoms with Crippen LogP contribution in [0.1, 0.15) is 24.9 Å². The van der Waals surface area contributed by atoms with E-state index >= 15 is 0 Å². The summed E-state index contributed by atoms with van der Waals surface area (Å²) in [5.41, 5.74) is 1.02. The van der Waals surface area contributed by atoms with E-state index in [1.807, 2.05) is 31.2 Å². The summed E-state index contributed by atoms with van der Waals surface area (Å²) in [7, 11) is -3.22. The molecule has 1 aromatic carbocycles. The summed E-state index contributed by atoms with van der Waals surface area (Å²) in [6, 6.07) is 7.57. The summed E-state index contributed by atoms with van der Waals surface area (Å²) in [6.45, 7) is 5.11. The van der Waals surface area contributed by atoms with Gasteiger partial charge in [-0.25, -0.2) is 13.1 Å². The smallest absolute Gasteiger partial charge is 0.211 e. The van der Waals surface area contributed by atoms with Crippen LogP contribution in [0.25, 0.3) is 0 Å². The largest absolute Gasteiger partial charge is 0.379 e. The zero-order valence-corrected chi connectivity index (χ0v) is 14.4. The van der Waals surface area contributed by atoms with E-state index in [0.29, 0.717) is 31.2 Å². The highest BCUT2D eigenvalue weighted by molar-refractivity contribution is 7.89. The summed E-state index contributed by atoms with van der Waals surface area (Å²) in [4.78, 5) is 2.24. The van der Waals surface area contributed by atoms with Crippen LogP contribution in [-0.4, -0.2) is 51.9 Å². The molecule has 0 spiro atoms. The van der Waals surface area contributed by atoms with Crippen molar-refractivity contribution in [2.75, 3.05) is 38.6 Å². The maximum atomic E-state index is 11.9. The molecular formula is C15H23ClN2O3S. The molecule has 1 fully saturated rings. The fourth-order valence-corrected chi connectivity index (χ4v) is 3.90. The Bertz CT molecular complexity index is 574. The monoisotopic (exact) mass is 346 g/mol. The average molecular weight is 347 g/mol. The predicted octanol–water partition coefficient (Wildman–Crippen LogP) is 2.04. The molecule has 5 nitrogen and oxygen atoms in total. The molecule has 0 saturated carbocycles. The quantitative estimate of drug-likeness (QED) is 0.820. The summed E-state index contributed by atoms with van der Waals surface area (Å²) in [6.07, 6.45) is 0.606. The first-order chi connectivity index (χ1) is 10.5. The lowest BCUT2D eigenvalue weighted by molar-refractivity contribution is 0.0172. The van der Waals surface area contributed by atoms with Gasteiger partial charge in [0.15, 0.2) is 0 Å². The molecule has 124 valence electrons. The van der Waals surface area contributed by atoms with E-state index in [1.165, 1.54) is 0 Å². The highest BCUT2D eigenvalue weighted by Crippen LogP contribution is 2.24. The number of hydrogen-bond acceptors (Lipinski definition) is 4. The molecule has 0 aromatic heterocycles. The van der Waals surface area contributed by atoms with Crippen molar-refractivity contribution in [3.05, 3.63) is 34.9 Å². The van der Waals surface area contributed by atoms with Crippen LogP contribution in [0.5, 0.6) is 0 Å². The van der Waals surface area contributed by atoms with Crippen LogP contribution in [0.3, 0.4) is 0 Å². The number of hydrogen-bond donors (Lipinski definition) is 1. The number of halogens is 1. The fraction of sp³-hybridized carbons (Fsp3) is 0.600. The van der Waals surface area contributed by atoms with E-state index in [2.05, 4.69) is 9.62 Å². The lowest BCUT2D eigenvalue weighted by Gasteiger charge is -2.35. The molecule has 0 radical (unpaired) electrons. The van der Waals surface area contributed by atoms with Gasteiger partial charge in [0.1, 0.15) is 0 Å². The molecular weight excluding hydrogens is 324 g/mol. The first kappa shape index (κ1) is 17.7. The Morgan fingerprint density at radius 1 is 1.36 bits per heavy atom. The van der Waals surface area contributed by atoms with Crippen LogP contribution < -0.4 is 4.72 Å². The molecule has 1 aliphatic rings. The third kappa shape index (κ3) is 5.21. The molecule has 0 unspecified atom stereocenters. The second kappa shape index (κ2) is 8.26. The summed E-state index contributed by atoms with van der Waals surface area (Å²) in [5, 5.41) is 0.659. The van der Waals surface area contributed by atoms with Gasteiger partial charge in [-0.3, -0.25) is 4.90 Å². The number of ether oxygens (including phenoxy) is 1. The maximum absolute atomic E-state index is 11.9. The van der Waals surface area contributed by atoms with Gasteiger partial charge >= 0.3 is 0 Å². The lowest BCUT2D eigenvalue weighted by atomic mass is 10.1. The van der Waals surface area contributed by atoms with Crippen LogP contribution in [-0.2, 0) is 14.8 Å². The highest BCUT2D eigenvalue weighted by Gasteiger charge is 2.24.